The highest BCUT2D eigenvalue weighted by atomic mass is 32.4. The molecule has 0 aliphatic carbocycles. The average molecular weight is 665 g/mol. The predicted molar refractivity (Wildman–Crippen MR) is 201 cm³/mol. The van der Waals surface area contributed by atoms with Gasteiger partial charge in [0.25, 0.3) is 0 Å². The smallest absolute Gasteiger partial charge is 0.0725 e. The zero-order chi connectivity index (χ0) is 31.4. The third-order valence-corrected chi connectivity index (χ3v) is 19.8. The van der Waals surface area contributed by atoms with Crippen molar-refractivity contribution in [3.63, 3.8) is 0 Å². The maximum Gasteiger partial charge on any atom is 0.0725 e. The lowest BCUT2D eigenvalue weighted by Gasteiger charge is -2.43. The molecule has 4 rings (SSSR count). The summed E-state index contributed by atoms with van der Waals surface area (Å²) in [6, 6.07) is 40.5. The second kappa shape index (κ2) is 14.7. The number of hydrogen-bond acceptors (Lipinski definition) is 3. The summed E-state index contributed by atoms with van der Waals surface area (Å²) in [6.45, 7) is 18.2. The second-order valence-corrected chi connectivity index (χ2v) is 21.5. The van der Waals surface area contributed by atoms with Gasteiger partial charge in [0.2, 0.25) is 0 Å². The van der Waals surface area contributed by atoms with Crippen LogP contribution in [0, 0.1) is 0 Å². The standard InChI is InChI=1S/C36H46N2P2S3/c1-27(2)37(28(3)4)39(41,31-19-11-9-12-20-31)33-23-15-17-25-35(33)43-36-26-18-16-24-34(36)40(42,32-21-13-10-14-22-32)38(29(5)6)30(7)8/h9-30H,1-8H3. The lowest BCUT2D eigenvalue weighted by molar-refractivity contribution is 0.326. The Kier molecular flexibility index (Phi) is 11.7. The molecule has 0 aromatic heterocycles. The van der Waals surface area contributed by atoms with E-state index in [1.165, 1.54) is 31.0 Å². The first-order valence-corrected chi connectivity index (χ1v) is 21.5. The van der Waals surface area contributed by atoms with Crippen LogP contribution in [0.25, 0.3) is 0 Å². The van der Waals surface area contributed by atoms with Gasteiger partial charge in [-0.2, -0.15) is 0 Å². The van der Waals surface area contributed by atoms with Gasteiger partial charge in [0.1, 0.15) is 0 Å². The Labute approximate surface area is 275 Å². The molecule has 43 heavy (non-hydrogen) atoms. The van der Waals surface area contributed by atoms with Crippen molar-refractivity contribution in [2.24, 2.45) is 0 Å². The van der Waals surface area contributed by atoms with Crippen LogP contribution in [0.5, 0.6) is 0 Å². The van der Waals surface area contributed by atoms with Gasteiger partial charge in [-0.3, -0.25) is 9.34 Å². The number of hydrogen-bond donors (Lipinski definition) is 0. The van der Waals surface area contributed by atoms with Crippen LogP contribution in [0.4, 0.5) is 0 Å². The molecule has 4 aromatic rings. The summed E-state index contributed by atoms with van der Waals surface area (Å²) in [5.74, 6) is 0. The van der Waals surface area contributed by atoms with E-state index >= 15 is 0 Å². The molecule has 0 saturated heterocycles. The number of rotatable bonds is 12. The van der Waals surface area contributed by atoms with E-state index in [1.807, 2.05) is 11.8 Å². The lowest BCUT2D eigenvalue weighted by atomic mass is 10.3. The topological polar surface area (TPSA) is 6.48 Å². The van der Waals surface area contributed by atoms with Gasteiger partial charge in [0, 0.05) is 55.2 Å². The molecule has 0 bridgehead atoms. The Morgan fingerprint density at radius 1 is 0.442 bits per heavy atom. The molecular formula is C36H46N2P2S3. The summed E-state index contributed by atoms with van der Waals surface area (Å²) < 4.78 is 5.16. The molecule has 7 heteroatoms. The van der Waals surface area contributed by atoms with E-state index in [0.29, 0.717) is 24.2 Å². The van der Waals surface area contributed by atoms with Crippen LogP contribution in [0.15, 0.2) is 119 Å². The maximum absolute atomic E-state index is 6.91. The highest BCUT2D eigenvalue weighted by Crippen LogP contribution is 2.55. The molecule has 0 aliphatic heterocycles. The van der Waals surface area contributed by atoms with E-state index < -0.39 is 12.4 Å². The van der Waals surface area contributed by atoms with Crippen LogP contribution < -0.4 is 21.2 Å². The Bertz CT molecular complexity index is 1450. The fourth-order valence-corrected chi connectivity index (χ4v) is 19.2. The first kappa shape index (κ1) is 34.3. The molecule has 0 fully saturated rings. The molecule has 2 nitrogen and oxygen atoms in total. The fraction of sp³-hybridized carbons (Fsp3) is 0.333. The molecular weight excluding hydrogens is 619 g/mol. The minimum atomic E-state index is -2.37. The van der Waals surface area contributed by atoms with Crippen molar-refractivity contribution in [3.05, 3.63) is 109 Å². The van der Waals surface area contributed by atoms with Crippen molar-refractivity contribution in [2.75, 3.05) is 0 Å². The van der Waals surface area contributed by atoms with Gasteiger partial charge in [0.05, 0.1) is 12.4 Å². The van der Waals surface area contributed by atoms with Gasteiger partial charge in [-0.05, 0) is 67.5 Å². The first-order chi connectivity index (χ1) is 20.4. The molecule has 0 aliphatic rings. The fourth-order valence-electron chi connectivity index (χ4n) is 6.25. The highest BCUT2D eigenvalue weighted by Gasteiger charge is 2.37. The lowest BCUT2D eigenvalue weighted by Crippen LogP contribution is -2.41. The van der Waals surface area contributed by atoms with Crippen molar-refractivity contribution in [1.82, 2.24) is 9.34 Å². The molecule has 0 heterocycles. The molecule has 228 valence electrons. The molecule has 0 amide bonds. The summed E-state index contributed by atoms with van der Waals surface area (Å²) in [4.78, 5) is 2.42. The summed E-state index contributed by atoms with van der Waals surface area (Å²) >= 11 is 15.6. The van der Waals surface area contributed by atoms with Gasteiger partial charge < -0.3 is 0 Å². The molecule has 2 atom stereocenters. The van der Waals surface area contributed by atoms with Gasteiger partial charge in [0.15, 0.2) is 0 Å². The zero-order valence-electron chi connectivity index (χ0n) is 26.7. The quantitative estimate of drug-likeness (QED) is 0.139. The van der Waals surface area contributed by atoms with Crippen molar-refractivity contribution in [1.29, 1.82) is 0 Å². The van der Waals surface area contributed by atoms with E-state index in [2.05, 4.69) is 174 Å². The molecule has 0 N–H and O–H groups in total. The Morgan fingerprint density at radius 3 is 1.02 bits per heavy atom. The van der Waals surface area contributed by atoms with Crippen molar-refractivity contribution in [3.8, 4) is 0 Å². The van der Waals surface area contributed by atoms with Crippen LogP contribution in [0.2, 0.25) is 0 Å². The minimum absolute atomic E-state index is 0.298. The van der Waals surface area contributed by atoms with E-state index in [1.54, 1.807) is 0 Å². The van der Waals surface area contributed by atoms with Gasteiger partial charge in [-0.1, -0.05) is 132 Å². The summed E-state index contributed by atoms with van der Waals surface area (Å²) in [5.41, 5.74) is 0. The largest absolute Gasteiger partial charge is 0.263 e. The van der Waals surface area contributed by atoms with Gasteiger partial charge >= 0.3 is 0 Å². The van der Waals surface area contributed by atoms with E-state index in [0.717, 1.165) is 0 Å². The Hall–Kier alpha value is -1.55. The molecule has 0 saturated carbocycles. The zero-order valence-corrected chi connectivity index (χ0v) is 31.0. The highest BCUT2D eigenvalue weighted by molar-refractivity contribution is 8.21. The minimum Gasteiger partial charge on any atom is -0.263 e. The predicted octanol–water partition coefficient (Wildman–Crippen LogP) is 8.77. The third kappa shape index (κ3) is 7.00. The van der Waals surface area contributed by atoms with Crippen molar-refractivity contribution < 1.29 is 0 Å². The summed E-state index contributed by atoms with van der Waals surface area (Å²) in [5, 5.41) is 4.95. The monoisotopic (exact) mass is 664 g/mol. The normalized spacial score (nSPS) is 15.0. The van der Waals surface area contributed by atoms with Crippen molar-refractivity contribution in [2.45, 2.75) is 89.3 Å². The van der Waals surface area contributed by atoms with Crippen LogP contribution >= 0.6 is 24.1 Å². The maximum atomic E-state index is 6.91. The Balaban J connectivity index is 1.97. The van der Waals surface area contributed by atoms with Crippen LogP contribution in [0.1, 0.15) is 55.4 Å². The van der Waals surface area contributed by atoms with Gasteiger partial charge in [-0.15, -0.1) is 0 Å². The average Bonchev–Trinajstić information content (AvgIpc) is 2.97. The van der Waals surface area contributed by atoms with Crippen LogP contribution in [-0.4, -0.2) is 33.5 Å². The SMILES string of the molecule is CC(C)N(C(C)C)P(=S)(c1ccccc1)c1ccccc1Sc1ccccc1P(=S)(c1ccccc1)N(C(C)C)C(C)C. The number of benzene rings is 4. The van der Waals surface area contributed by atoms with Crippen molar-refractivity contribution >= 4 is 69.0 Å². The van der Waals surface area contributed by atoms with Gasteiger partial charge in [-0.25, -0.2) is 0 Å². The van der Waals surface area contributed by atoms with E-state index in [-0.39, 0.29) is 0 Å². The summed E-state index contributed by atoms with van der Waals surface area (Å²) in [6.07, 6.45) is -4.73. The first-order valence-electron chi connectivity index (χ1n) is 15.2. The Morgan fingerprint density at radius 2 is 0.721 bits per heavy atom. The molecule has 4 aromatic carbocycles. The number of nitrogens with zero attached hydrogens (tertiary/aromatic N) is 2. The molecule has 2 unspecified atom stereocenters. The van der Waals surface area contributed by atoms with Crippen LogP contribution in [0.3, 0.4) is 0 Å². The van der Waals surface area contributed by atoms with E-state index in [9.17, 15) is 0 Å². The molecule has 0 spiro atoms. The third-order valence-electron chi connectivity index (χ3n) is 7.58. The summed E-state index contributed by atoms with van der Waals surface area (Å²) in [7, 11) is 0. The molecule has 0 radical (unpaired) electrons. The van der Waals surface area contributed by atoms with E-state index in [4.69, 9.17) is 23.6 Å². The van der Waals surface area contributed by atoms with Crippen LogP contribution in [-0.2, 0) is 23.6 Å². The second-order valence-electron chi connectivity index (χ2n) is 12.0.